The van der Waals surface area contributed by atoms with Gasteiger partial charge in [0.15, 0.2) is 0 Å². The van der Waals surface area contributed by atoms with Crippen molar-refractivity contribution < 1.29 is 4.79 Å². The van der Waals surface area contributed by atoms with Crippen molar-refractivity contribution in [3.05, 3.63) is 10.6 Å². The van der Waals surface area contributed by atoms with Crippen LogP contribution >= 0.6 is 27.5 Å². The van der Waals surface area contributed by atoms with Crippen LogP contribution in [0, 0.1) is 0 Å². The minimum atomic E-state index is 0.0602. The highest BCUT2D eigenvalue weighted by molar-refractivity contribution is 9.09. The van der Waals surface area contributed by atoms with Gasteiger partial charge in [0, 0.05) is 18.4 Å². The summed E-state index contributed by atoms with van der Waals surface area (Å²) in [5, 5.41) is 4.84. The number of amides is 1. The average molecular weight is 320 g/mol. The lowest BCUT2D eigenvalue weighted by molar-refractivity contribution is 0.0769. The summed E-state index contributed by atoms with van der Waals surface area (Å²) in [7, 11) is 0. The highest BCUT2D eigenvalue weighted by Gasteiger charge is 2.22. The van der Waals surface area contributed by atoms with Crippen molar-refractivity contribution in [2.45, 2.75) is 33.1 Å². The molecule has 6 heteroatoms. The van der Waals surface area contributed by atoms with E-state index < -0.39 is 0 Å². The van der Waals surface area contributed by atoms with Gasteiger partial charge in [-0.2, -0.15) is 0 Å². The van der Waals surface area contributed by atoms with Crippen LogP contribution in [-0.4, -0.2) is 38.8 Å². The van der Waals surface area contributed by atoms with E-state index in [0.717, 1.165) is 30.5 Å². The van der Waals surface area contributed by atoms with Crippen LogP contribution in [0.1, 0.15) is 48.5 Å². The number of hydrogen-bond donors (Lipinski definition) is 0. The lowest BCUT2D eigenvalue weighted by Gasteiger charge is -2.20. The quantitative estimate of drug-likeness (QED) is 0.757. The zero-order chi connectivity index (χ0) is 12.8. The molecule has 1 amide bonds. The third-order valence-electron chi connectivity index (χ3n) is 2.39. The standard InChI is InChI=1S/C11H18BrN3OS/c1-4-6-15(7-5-12)11(16)10-9(8(2)3)13-14-17-10/h8H,4-7H2,1-3H3. The normalized spacial score (nSPS) is 10.9. The van der Waals surface area contributed by atoms with Crippen LogP contribution in [0.15, 0.2) is 0 Å². The molecule has 1 aromatic heterocycles. The fourth-order valence-corrected chi connectivity index (χ4v) is 2.77. The summed E-state index contributed by atoms with van der Waals surface area (Å²) in [4.78, 5) is 14.9. The maximum Gasteiger partial charge on any atom is 0.267 e. The third-order valence-corrected chi connectivity index (χ3v) is 3.47. The number of carbonyl (C=O) groups is 1. The number of nitrogens with zero attached hydrogens (tertiary/aromatic N) is 3. The van der Waals surface area contributed by atoms with Crippen molar-refractivity contribution in [3.63, 3.8) is 0 Å². The van der Waals surface area contributed by atoms with Gasteiger partial charge >= 0.3 is 0 Å². The molecule has 0 saturated heterocycles. The molecular formula is C11H18BrN3OS. The molecule has 0 fully saturated rings. The van der Waals surface area contributed by atoms with E-state index in [4.69, 9.17) is 0 Å². The molecule has 0 aromatic carbocycles. The Morgan fingerprint density at radius 3 is 2.71 bits per heavy atom. The number of alkyl halides is 1. The molecule has 0 unspecified atom stereocenters. The van der Waals surface area contributed by atoms with E-state index in [9.17, 15) is 4.79 Å². The van der Waals surface area contributed by atoms with Gasteiger partial charge in [0.2, 0.25) is 0 Å². The maximum absolute atomic E-state index is 12.3. The summed E-state index contributed by atoms with van der Waals surface area (Å²) in [5.74, 6) is 0.296. The van der Waals surface area contributed by atoms with E-state index in [-0.39, 0.29) is 11.8 Å². The number of carbonyl (C=O) groups excluding carboxylic acids is 1. The number of halogens is 1. The largest absolute Gasteiger partial charge is 0.337 e. The van der Waals surface area contributed by atoms with Crippen molar-refractivity contribution >= 4 is 33.4 Å². The van der Waals surface area contributed by atoms with Crippen molar-refractivity contribution in [1.29, 1.82) is 0 Å². The molecule has 0 aliphatic carbocycles. The number of rotatable bonds is 6. The van der Waals surface area contributed by atoms with Crippen molar-refractivity contribution in [2.75, 3.05) is 18.4 Å². The van der Waals surface area contributed by atoms with Gasteiger partial charge in [0.1, 0.15) is 4.88 Å². The van der Waals surface area contributed by atoms with Crippen LogP contribution < -0.4 is 0 Å². The summed E-state index contributed by atoms with van der Waals surface area (Å²) < 4.78 is 3.90. The number of aromatic nitrogens is 2. The molecule has 17 heavy (non-hydrogen) atoms. The molecule has 1 heterocycles. The van der Waals surface area contributed by atoms with Gasteiger partial charge in [-0.15, -0.1) is 5.10 Å². The maximum atomic E-state index is 12.3. The Hall–Kier alpha value is -0.490. The van der Waals surface area contributed by atoms with Crippen LogP contribution in [0.2, 0.25) is 0 Å². The first-order chi connectivity index (χ1) is 8.11. The second-order valence-corrected chi connectivity index (χ2v) is 5.67. The topological polar surface area (TPSA) is 46.1 Å². The summed E-state index contributed by atoms with van der Waals surface area (Å²) in [6, 6.07) is 0. The SMILES string of the molecule is CCCN(CCBr)C(=O)c1snnc1C(C)C. The Bertz CT molecular complexity index is 361. The van der Waals surface area contributed by atoms with Gasteiger partial charge in [-0.1, -0.05) is 41.2 Å². The molecule has 4 nitrogen and oxygen atoms in total. The van der Waals surface area contributed by atoms with E-state index in [1.807, 2.05) is 18.7 Å². The molecule has 1 aromatic rings. The van der Waals surface area contributed by atoms with E-state index in [1.54, 1.807) is 0 Å². The molecule has 0 N–H and O–H groups in total. The third kappa shape index (κ3) is 3.74. The molecule has 0 aliphatic heterocycles. The predicted molar refractivity (Wildman–Crippen MR) is 74.0 cm³/mol. The second kappa shape index (κ2) is 7.06. The van der Waals surface area contributed by atoms with Crippen LogP contribution in [0.4, 0.5) is 0 Å². The predicted octanol–water partition coefficient (Wildman–Crippen LogP) is 2.91. The molecular weight excluding hydrogens is 302 g/mol. The molecule has 0 atom stereocenters. The smallest absolute Gasteiger partial charge is 0.267 e. The van der Waals surface area contributed by atoms with Gasteiger partial charge in [0.25, 0.3) is 5.91 Å². The van der Waals surface area contributed by atoms with E-state index in [0.29, 0.717) is 4.88 Å². The van der Waals surface area contributed by atoms with Crippen molar-refractivity contribution in [3.8, 4) is 0 Å². The lowest BCUT2D eigenvalue weighted by Crippen LogP contribution is -2.33. The summed E-state index contributed by atoms with van der Waals surface area (Å²) in [6.07, 6.45) is 0.960. The second-order valence-electron chi connectivity index (χ2n) is 4.12. The molecule has 1 rings (SSSR count). The minimum Gasteiger partial charge on any atom is -0.337 e. The molecule has 0 aliphatic rings. The highest BCUT2D eigenvalue weighted by atomic mass is 79.9. The van der Waals surface area contributed by atoms with E-state index in [2.05, 4.69) is 32.4 Å². The first kappa shape index (κ1) is 14.6. The van der Waals surface area contributed by atoms with Crippen LogP contribution in [0.3, 0.4) is 0 Å². The van der Waals surface area contributed by atoms with Gasteiger partial charge in [-0.05, 0) is 23.9 Å². The Morgan fingerprint density at radius 2 is 2.18 bits per heavy atom. The minimum absolute atomic E-state index is 0.0602. The van der Waals surface area contributed by atoms with Crippen molar-refractivity contribution in [2.24, 2.45) is 0 Å². The summed E-state index contributed by atoms with van der Waals surface area (Å²) >= 11 is 4.58. The zero-order valence-corrected chi connectivity index (χ0v) is 12.8. The Morgan fingerprint density at radius 1 is 1.47 bits per heavy atom. The van der Waals surface area contributed by atoms with Gasteiger partial charge in [-0.3, -0.25) is 4.79 Å². The fourth-order valence-electron chi connectivity index (χ4n) is 1.55. The van der Waals surface area contributed by atoms with Crippen LogP contribution in [-0.2, 0) is 0 Å². The lowest BCUT2D eigenvalue weighted by atomic mass is 10.1. The highest BCUT2D eigenvalue weighted by Crippen LogP contribution is 2.21. The van der Waals surface area contributed by atoms with Crippen LogP contribution in [0.5, 0.6) is 0 Å². The Balaban J connectivity index is 2.88. The van der Waals surface area contributed by atoms with Crippen LogP contribution in [0.25, 0.3) is 0 Å². The Labute approximate surface area is 115 Å². The van der Waals surface area contributed by atoms with Gasteiger partial charge in [0.05, 0.1) is 5.69 Å². The zero-order valence-electron chi connectivity index (χ0n) is 10.4. The molecule has 96 valence electrons. The molecule has 0 radical (unpaired) electrons. The fraction of sp³-hybridized carbons (Fsp3) is 0.727. The molecule has 0 bridgehead atoms. The first-order valence-electron chi connectivity index (χ1n) is 5.79. The first-order valence-corrected chi connectivity index (χ1v) is 7.68. The van der Waals surface area contributed by atoms with Gasteiger partial charge in [-0.25, -0.2) is 0 Å². The number of hydrogen-bond acceptors (Lipinski definition) is 4. The summed E-state index contributed by atoms with van der Waals surface area (Å²) in [6.45, 7) is 7.63. The monoisotopic (exact) mass is 319 g/mol. The molecule has 0 spiro atoms. The summed E-state index contributed by atoms with van der Waals surface area (Å²) in [5.41, 5.74) is 0.815. The van der Waals surface area contributed by atoms with Gasteiger partial charge < -0.3 is 4.90 Å². The van der Waals surface area contributed by atoms with E-state index in [1.165, 1.54) is 11.5 Å². The van der Waals surface area contributed by atoms with Crippen molar-refractivity contribution in [1.82, 2.24) is 14.5 Å². The molecule has 0 saturated carbocycles. The Kier molecular flexibility index (Phi) is 6.05. The average Bonchev–Trinajstić information content (AvgIpc) is 2.76. The van der Waals surface area contributed by atoms with E-state index >= 15 is 0 Å².